The van der Waals surface area contributed by atoms with Gasteiger partial charge in [-0.15, -0.1) is 0 Å². The Kier molecular flexibility index (Phi) is 2.29. The van der Waals surface area contributed by atoms with Crippen LogP contribution in [0, 0.1) is 23.2 Å². The van der Waals surface area contributed by atoms with Crippen LogP contribution in [0.4, 0.5) is 11.9 Å². The predicted octanol–water partition coefficient (Wildman–Crippen LogP) is 1.79. The molecule has 1 heterocycles. The van der Waals surface area contributed by atoms with Gasteiger partial charge in [-0.05, 0) is 61.7 Å². The normalized spacial score (nSPS) is 39.7. The van der Waals surface area contributed by atoms with E-state index < -0.39 is 0 Å². The highest BCUT2D eigenvalue weighted by molar-refractivity contribution is 5.26. The van der Waals surface area contributed by atoms with E-state index in [-0.39, 0.29) is 11.9 Å². The van der Waals surface area contributed by atoms with Crippen LogP contribution in [0.15, 0.2) is 0 Å². The molecule has 0 aromatic carbocycles. The molecule has 1 aromatic heterocycles. The molecule has 0 unspecified atom stereocenters. The van der Waals surface area contributed by atoms with E-state index in [0.717, 1.165) is 30.0 Å². The molecule has 4 fully saturated rings. The van der Waals surface area contributed by atoms with Gasteiger partial charge in [-0.25, -0.2) is 0 Å². The van der Waals surface area contributed by atoms with Gasteiger partial charge in [0.1, 0.15) is 5.82 Å². The molecule has 5 heteroatoms. The molecule has 5 rings (SSSR count). The van der Waals surface area contributed by atoms with Gasteiger partial charge >= 0.3 is 0 Å². The van der Waals surface area contributed by atoms with Crippen LogP contribution in [-0.2, 0) is 6.42 Å². The van der Waals surface area contributed by atoms with Crippen molar-refractivity contribution in [2.24, 2.45) is 23.2 Å². The second-order valence-electron chi connectivity index (χ2n) is 7.06. The molecule has 19 heavy (non-hydrogen) atoms. The van der Waals surface area contributed by atoms with Gasteiger partial charge in [0.05, 0.1) is 0 Å². The number of nitrogen functional groups attached to an aromatic ring is 2. The van der Waals surface area contributed by atoms with Gasteiger partial charge < -0.3 is 11.5 Å². The van der Waals surface area contributed by atoms with Crippen LogP contribution in [0.25, 0.3) is 0 Å². The maximum atomic E-state index is 5.68. The van der Waals surface area contributed by atoms with Gasteiger partial charge in [-0.3, -0.25) is 0 Å². The summed E-state index contributed by atoms with van der Waals surface area (Å²) in [5.74, 6) is 4.15. The smallest absolute Gasteiger partial charge is 0.225 e. The van der Waals surface area contributed by atoms with Crippen molar-refractivity contribution in [2.75, 3.05) is 11.5 Å². The Morgan fingerprint density at radius 3 is 1.79 bits per heavy atom. The third-order valence-corrected chi connectivity index (χ3v) is 5.41. The van der Waals surface area contributed by atoms with Gasteiger partial charge in [0, 0.05) is 6.42 Å². The minimum atomic E-state index is 0.257. The second-order valence-corrected chi connectivity index (χ2v) is 7.06. The highest BCUT2D eigenvalue weighted by Gasteiger charge is 2.51. The standard InChI is InChI=1S/C14H21N5/c15-12-17-11(18-13(16)19-12)7-14-4-8-1-9(5-14)3-10(2-8)6-14/h8-10H,1-7H2,(H4,15,16,17,18,19). The summed E-state index contributed by atoms with van der Waals surface area (Å²) < 4.78 is 0. The van der Waals surface area contributed by atoms with E-state index >= 15 is 0 Å². The Labute approximate surface area is 113 Å². The number of rotatable bonds is 2. The lowest BCUT2D eigenvalue weighted by atomic mass is 9.49. The predicted molar refractivity (Wildman–Crippen MR) is 73.0 cm³/mol. The van der Waals surface area contributed by atoms with Gasteiger partial charge in [-0.2, -0.15) is 15.0 Å². The molecule has 4 aliphatic carbocycles. The summed E-state index contributed by atoms with van der Waals surface area (Å²) in [5.41, 5.74) is 11.8. The van der Waals surface area contributed by atoms with Crippen LogP contribution in [0.1, 0.15) is 44.3 Å². The highest BCUT2D eigenvalue weighted by Crippen LogP contribution is 2.60. The van der Waals surface area contributed by atoms with Gasteiger partial charge in [0.2, 0.25) is 11.9 Å². The molecule has 5 nitrogen and oxygen atoms in total. The molecule has 4 bridgehead atoms. The monoisotopic (exact) mass is 259 g/mol. The molecule has 0 amide bonds. The van der Waals surface area contributed by atoms with Gasteiger partial charge in [0.25, 0.3) is 0 Å². The van der Waals surface area contributed by atoms with E-state index in [0.29, 0.717) is 5.41 Å². The summed E-state index contributed by atoms with van der Waals surface area (Å²) in [4.78, 5) is 12.4. The van der Waals surface area contributed by atoms with Crippen LogP contribution in [0.3, 0.4) is 0 Å². The van der Waals surface area contributed by atoms with Crippen LogP contribution in [0.2, 0.25) is 0 Å². The number of anilines is 2. The lowest BCUT2D eigenvalue weighted by Gasteiger charge is -2.56. The first kappa shape index (κ1) is 11.4. The second kappa shape index (κ2) is 3.81. The van der Waals surface area contributed by atoms with Crippen LogP contribution in [-0.4, -0.2) is 15.0 Å². The number of hydrogen-bond donors (Lipinski definition) is 2. The largest absolute Gasteiger partial charge is 0.368 e. The van der Waals surface area contributed by atoms with Gasteiger partial charge in [0.15, 0.2) is 0 Å². The van der Waals surface area contributed by atoms with Gasteiger partial charge in [-0.1, -0.05) is 0 Å². The number of nitrogens with two attached hydrogens (primary N) is 2. The van der Waals surface area contributed by atoms with Crippen LogP contribution < -0.4 is 11.5 Å². The average molecular weight is 259 g/mol. The number of aromatic nitrogens is 3. The fourth-order valence-corrected chi connectivity index (χ4v) is 5.38. The van der Waals surface area contributed by atoms with Crippen molar-refractivity contribution >= 4 is 11.9 Å². The highest BCUT2D eigenvalue weighted by atomic mass is 15.1. The Morgan fingerprint density at radius 2 is 1.32 bits per heavy atom. The third kappa shape index (κ3) is 1.95. The first-order valence-electron chi connectivity index (χ1n) is 7.36. The van der Waals surface area contributed by atoms with E-state index in [1.165, 1.54) is 38.5 Å². The Morgan fingerprint density at radius 1 is 0.842 bits per heavy atom. The average Bonchev–Trinajstić information content (AvgIpc) is 2.23. The Balaban J connectivity index is 1.62. The van der Waals surface area contributed by atoms with E-state index in [1.54, 1.807) is 0 Å². The van der Waals surface area contributed by atoms with Crippen molar-refractivity contribution in [3.05, 3.63) is 5.82 Å². The third-order valence-electron chi connectivity index (χ3n) is 5.41. The molecule has 0 radical (unpaired) electrons. The Bertz CT molecular complexity index is 457. The Hall–Kier alpha value is -1.39. The maximum Gasteiger partial charge on any atom is 0.225 e. The molecule has 4 aliphatic rings. The van der Waals surface area contributed by atoms with E-state index in [9.17, 15) is 0 Å². The summed E-state index contributed by atoms with van der Waals surface area (Å²) in [6.45, 7) is 0. The molecule has 4 saturated carbocycles. The van der Waals surface area contributed by atoms with Crippen molar-refractivity contribution in [3.63, 3.8) is 0 Å². The quantitative estimate of drug-likeness (QED) is 0.845. The minimum absolute atomic E-state index is 0.257. The topological polar surface area (TPSA) is 90.7 Å². The molecular weight excluding hydrogens is 238 g/mol. The van der Waals surface area contributed by atoms with Crippen molar-refractivity contribution in [2.45, 2.75) is 44.9 Å². The number of hydrogen-bond acceptors (Lipinski definition) is 5. The molecule has 0 atom stereocenters. The summed E-state index contributed by atoms with van der Waals surface area (Å²) in [7, 11) is 0. The van der Waals surface area contributed by atoms with Crippen LogP contribution >= 0.6 is 0 Å². The molecule has 0 spiro atoms. The number of nitrogens with zero attached hydrogens (tertiary/aromatic N) is 3. The maximum absolute atomic E-state index is 5.68. The summed E-state index contributed by atoms with van der Waals surface area (Å²) in [6, 6.07) is 0. The fraction of sp³-hybridized carbons (Fsp3) is 0.786. The zero-order valence-electron chi connectivity index (χ0n) is 11.2. The zero-order valence-corrected chi connectivity index (χ0v) is 11.2. The van der Waals surface area contributed by atoms with Crippen molar-refractivity contribution in [3.8, 4) is 0 Å². The summed E-state index contributed by atoms with van der Waals surface area (Å²) >= 11 is 0. The molecular formula is C14H21N5. The van der Waals surface area contributed by atoms with E-state index in [1.807, 2.05) is 0 Å². The first-order chi connectivity index (χ1) is 9.10. The molecule has 4 N–H and O–H groups in total. The lowest BCUT2D eigenvalue weighted by Crippen LogP contribution is -2.47. The van der Waals surface area contributed by atoms with Crippen molar-refractivity contribution in [1.82, 2.24) is 15.0 Å². The first-order valence-corrected chi connectivity index (χ1v) is 7.36. The molecule has 0 saturated heterocycles. The minimum Gasteiger partial charge on any atom is -0.368 e. The molecule has 1 aromatic rings. The van der Waals surface area contributed by atoms with Crippen molar-refractivity contribution < 1.29 is 0 Å². The SMILES string of the molecule is Nc1nc(N)nc(CC23CC4CC(CC(C4)C2)C3)n1. The fourth-order valence-electron chi connectivity index (χ4n) is 5.38. The summed E-state index contributed by atoms with van der Waals surface area (Å²) in [6.07, 6.45) is 9.37. The zero-order chi connectivity index (χ0) is 13.0. The molecule has 0 aliphatic heterocycles. The van der Waals surface area contributed by atoms with Crippen LogP contribution in [0.5, 0.6) is 0 Å². The lowest BCUT2D eigenvalue weighted by molar-refractivity contribution is -0.0531. The van der Waals surface area contributed by atoms with Crippen molar-refractivity contribution in [1.29, 1.82) is 0 Å². The summed E-state index contributed by atoms with van der Waals surface area (Å²) in [5, 5.41) is 0. The molecule has 102 valence electrons. The van der Waals surface area contributed by atoms with E-state index in [4.69, 9.17) is 11.5 Å². The van der Waals surface area contributed by atoms with E-state index in [2.05, 4.69) is 15.0 Å².